The second-order valence-corrected chi connectivity index (χ2v) is 4.05. The first-order valence-corrected chi connectivity index (χ1v) is 5.68. The van der Waals surface area contributed by atoms with E-state index < -0.39 is 17.9 Å². The first-order chi connectivity index (χ1) is 8.20. The lowest BCUT2D eigenvalue weighted by Gasteiger charge is -2.33. The molecule has 2 aliphatic heterocycles. The average Bonchev–Trinajstić information content (AvgIpc) is 2.39. The largest absolute Gasteiger partial charge is 0.494 e. The molecule has 0 unspecified atom stereocenters. The molecule has 17 heavy (non-hydrogen) atoms. The van der Waals surface area contributed by atoms with Gasteiger partial charge in [-0.2, -0.15) is 0 Å². The number of nitrogens with zero attached hydrogens (tertiary/aromatic N) is 1. The minimum Gasteiger partial charge on any atom is -0.494 e. The molecule has 2 aliphatic rings. The third kappa shape index (κ3) is 2.51. The predicted octanol–water partition coefficient (Wildman–Crippen LogP) is 0.340. The van der Waals surface area contributed by atoms with Gasteiger partial charge in [0.25, 0.3) is 5.91 Å². The molecule has 0 radical (unpaired) electrons. The van der Waals surface area contributed by atoms with E-state index in [1.807, 2.05) is 0 Å². The number of aliphatic carboxylic acids is 1. The van der Waals surface area contributed by atoms with Crippen LogP contribution in [0.5, 0.6) is 0 Å². The molecule has 0 saturated carbocycles. The summed E-state index contributed by atoms with van der Waals surface area (Å²) in [5, 5.41) is 9.07. The molecule has 0 aromatic carbocycles. The molecular formula is C11H15NO5. The molecule has 1 amide bonds. The highest BCUT2D eigenvalue weighted by Crippen LogP contribution is 2.20. The highest BCUT2D eigenvalue weighted by atomic mass is 16.6. The maximum atomic E-state index is 12.1. The van der Waals surface area contributed by atoms with Gasteiger partial charge >= 0.3 is 5.97 Å². The van der Waals surface area contributed by atoms with E-state index in [1.54, 1.807) is 0 Å². The van der Waals surface area contributed by atoms with E-state index in [1.165, 1.54) is 11.2 Å². The van der Waals surface area contributed by atoms with Crippen molar-refractivity contribution in [2.45, 2.75) is 25.3 Å². The van der Waals surface area contributed by atoms with E-state index in [4.69, 9.17) is 14.6 Å². The van der Waals surface area contributed by atoms with Crippen LogP contribution in [0.25, 0.3) is 0 Å². The molecule has 2 heterocycles. The van der Waals surface area contributed by atoms with E-state index in [0.717, 1.165) is 12.8 Å². The molecule has 94 valence electrons. The summed E-state index contributed by atoms with van der Waals surface area (Å²) in [6.45, 7) is 1.19. The third-order valence-corrected chi connectivity index (χ3v) is 2.91. The minimum absolute atomic E-state index is 0.101. The molecule has 6 nitrogen and oxygen atoms in total. The SMILES string of the molecule is O=C(O)[C@@H]1CCCCN1C(=O)C1=COCCO1. The van der Waals surface area contributed by atoms with Crippen molar-refractivity contribution in [2.75, 3.05) is 19.8 Å². The topological polar surface area (TPSA) is 76.1 Å². The van der Waals surface area contributed by atoms with Gasteiger partial charge in [-0.05, 0) is 19.3 Å². The maximum Gasteiger partial charge on any atom is 0.326 e. The number of amides is 1. The van der Waals surface area contributed by atoms with Crippen LogP contribution >= 0.6 is 0 Å². The lowest BCUT2D eigenvalue weighted by atomic mass is 10.0. The molecule has 2 rings (SSSR count). The molecule has 0 aromatic rings. The van der Waals surface area contributed by atoms with Crippen LogP contribution < -0.4 is 0 Å². The van der Waals surface area contributed by atoms with Crippen molar-refractivity contribution in [3.05, 3.63) is 12.0 Å². The van der Waals surface area contributed by atoms with Crippen LogP contribution in [0.15, 0.2) is 12.0 Å². The van der Waals surface area contributed by atoms with E-state index in [9.17, 15) is 9.59 Å². The normalized spacial score (nSPS) is 24.4. The Labute approximate surface area is 98.8 Å². The Morgan fingerprint density at radius 2 is 2.18 bits per heavy atom. The quantitative estimate of drug-likeness (QED) is 0.754. The van der Waals surface area contributed by atoms with E-state index in [2.05, 4.69) is 0 Å². The smallest absolute Gasteiger partial charge is 0.326 e. The Bertz CT molecular complexity index is 352. The Hall–Kier alpha value is -1.72. The third-order valence-electron chi connectivity index (χ3n) is 2.91. The van der Waals surface area contributed by atoms with Gasteiger partial charge in [-0.15, -0.1) is 0 Å². The molecule has 1 fully saturated rings. The molecule has 0 spiro atoms. The second kappa shape index (κ2) is 5.07. The van der Waals surface area contributed by atoms with E-state index in [-0.39, 0.29) is 5.76 Å². The second-order valence-electron chi connectivity index (χ2n) is 4.05. The van der Waals surface area contributed by atoms with Gasteiger partial charge in [-0.3, -0.25) is 4.79 Å². The number of carbonyl (C=O) groups excluding carboxylic acids is 1. The first kappa shape index (κ1) is 11.8. The van der Waals surface area contributed by atoms with Crippen molar-refractivity contribution < 1.29 is 24.2 Å². The van der Waals surface area contributed by atoms with Gasteiger partial charge in [0.1, 0.15) is 25.5 Å². The number of ether oxygens (including phenoxy) is 2. The highest BCUT2D eigenvalue weighted by Gasteiger charge is 2.34. The van der Waals surface area contributed by atoms with Gasteiger partial charge in [0.2, 0.25) is 5.76 Å². The lowest BCUT2D eigenvalue weighted by Crippen LogP contribution is -2.49. The number of carboxylic acids is 1. The van der Waals surface area contributed by atoms with E-state index >= 15 is 0 Å². The van der Waals surface area contributed by atoms with Crippen LogP contribution in [-0.2, 0) is 19.1 Å². The Kier molecular flexibility index (Phi) is 3.51. The summed E-state index contributed by atoms with van der Waals surface area (Å²) in [6.07, 6.45) is 3.41. The summed E-state index contributed by atoms with van der Waals surface area (Å²) in [7, 11) is 0. The van der Waals surface area contributed by atoms with Gasteiger partial charge in [0, 0.05) is 6.54 Å². The van der Waals surface area contributed by atoms with Crippen LogP contribution in [-0.4, -0.2) is 47.7 Å². The van der Waals surface area contributed by atoms with Gasteiger partial charge in [-0.25, -0.2) is 4.79 Å². The lowest BCUT2D eigenvalue weighted by molar-refractivity contribution is -0.152. The first-order valence-electron chi connectivity index (χ1n) is 5.68. The standard InChI is InChI=1S/C11H15NO5/c13-10(9-7-16-5-6-17-9)12-4-2-1-3-8(12)11(14)15/h7-8H,1-6H2,(H,14,15)/t8-/m0/s1. The Balaban J connectivity index is 2.10. The number of hydrogen-bond acceptors (Lipinski definition) is 4. The fourth-order valence-corrected chi connectivity index (χ4v) is 2.05. The molecule has 0 aromatic heterocycles. The van der Waals surface area contributed by atoms with Crippen LogP contribution in [0.3, 0.4) is 0 Å². The highest BCUT2D eigenvalue weighted by molar-refractivity contribution is 5.94. The summed E-state index contributed by atoms with van der Waals surface area (Å²) in [6, 6.07) is -0.748. The number of rotatable bonds is 2. The predicted molar refractivity (Wildman–Crippen MR) is 57.0 cm³/mol. The van der Waals surface area contributed by atoms with Crippen molar-refractivity contribution in [3.63, 3.8) is 0 Å². The van der Waals surface area contributed by atoms with Crippen molar-refractivity contribution in [1.82, 2.24) is 4.90 Å². The summed E-state index contributed by atoms with van der Waals surface area (Å²) in [5.74, 6) is -1.25. The fraction of sp³-hybridized carbons (Fsp3) is 0.636. The fourth-order valence-electron chi connectivity index (χ4n) is 2.05. The number of piperidine rings is 1. The zero-order chi connectivity index (χ0) is 12.3. The van der Waals surface area contributed by atoms with Crippen molar-refractivity contribution in [2.24, 2.45) is 0 Å². The van der Waals surface area contributed by atoms with Crippen molar-refractivity contribution >= 4 is 11.9 Å². The summed E-state index contributed by atoms with van der Waals surface area (Å²) in [5.41, 5.74) is 0. The number of hydrogen-bond donors (Lipinski definition) is 1. The maximum absolute atomic E-state index is 12.1. The van der Waals surface area contributed by atoms with Gasteiger partial charge < -0.3 is 19.5 Å². The monoisotopic (exact) mass is 241 g/mol. The van der Waals surface area contributed by atoms with Crippen LogP contribution in [0.2, 0.25) is 0 Å². The molecule has 1 N–H and O–H groups in total. The molecule has 1 saturated heterocycles. The summed E-state index contributed by atoms with van der Waals surface area (Å²) < 4.78 is 10.2. The molecule has 0 aliphatic carbocycles. The van der Waals surface area contributed by atoms with Crippen molar-refractivity contribution in [1.29, 1.82) is 0 Å². The van der Waals surface area contributed by atoms with E-state index in [0.29, 0.717) is 26.2 Å². The number of likely N-dealkylation sites (tertiary alicyclic amines) is 1. The van der Waals surface area contributed by atoms with Gasteiger partial charge in [-0.1, -0.05) is 0 Å². The molecule has 1 atom stereocenters. The molecule has 0 bridgehead atoms. The minimum atomic E-state index is -0.963. The van der Waals surface area contributed by atoms with Crippen LogP contribution in [0.4, 0.5) is 0 Å². The Morgan fingerprint density at radius 1 is 1.35 bits per heavy atom. The molecule has 6 heteroatoms. The molecular weight excluding hydrogens is 226 g/mol. The van der Waals surface area contributed by atoms with Gasteiger partial charge in [0.05, 0.1) is 0 Å². The average molecular weight is 241 g/mol. The zero-order valence-electron chi connectivity index (χ0n) is 9.42. The van der Waals surface area contributed by atoms with Crippen molar-refractivity contribution in [3.8, 4) is 0 Å². The van der Waals surface area contributed by atoms with Gasteiger partial charge in [0.15, 0.2) is 0 Å². The number of carbonyl (C=O) groups is 2. The van der Waals surface area contributed by atoms with Crippen LogP contribution in [0, 0.1) is 0 Å². The Morgan fingerprint density at radius 3 is 2.82 bits per heavy atom. The summed E-state index contributed by atoms with van der Waals surface area (Å²) >= 11 is 0. The zero-order valence-corrected chi connectivity index (χ0v) is 9.42. The summed E-state index contributed by atoms with van der Waals surface area (Å²) in [4.78, 5) is 24.5. The van der Waals surface area contributed by atoms with Crippen LogP contribution in [0.1, 0.15) is 19.3 Å². The number of carboxylic acid groups (broad SMARTS) is 1.